The van der Waals surface area contributed by atoms with Gasteiger partial charge in [0, 0.05) is 19.4 Å². The molecule has 7 heteroatoms. The Hall–Kier alpha value is -2.25. The minimum Gasteiger partial charge on any atom is -0.381 e. The van der Waals surface area contributed by atoms with E-state index in [4.69, 9.17) is 4.74 Å². The molecule has 0 spiro atoms. The number of rotatable bonds is 7. The predicted molar refractivity (Wildman–Crippen MR) is 110 cm³/mol. The van der Waals surface area contributed by atoms with Crippen LogP contribution in [0, 0.1) is 5.92 Å². The molecular weight excluding hydrogens is 388 g/mol. The predicted octanol–water partition coefficient (Wildman–Crippen LogP) is 3.56. The van der Waals surface area contributed by atoms with Crippen molar-refractivity contribution in [2.45, 2.75) is 48.2 Å². The first kappa shape index (κ1) is 20.0. The Balaban J connectivity index is 1.56. The normalized spacial score (nSPS) is 18.9. The quantitative estimate of drug-likeness (QED) is 0.749. The number of carbonyl (C=O) groups excluding carboxylic acids is 1. The van der Waals surface area contributed by atoms with Gasteiger partial charge < -0.3 is 10.1 Å². The molecule has 1 aliphatic heterocycles. The van der Waals surface area contributed by atoms with E-state index < -0.39 is 9.84 Å². The summed E-state index contributed by atoms with van der Waals surface area (Å²) in [6.45, 7) is 1.44. The monoisotopic (exact) mass is 414 g/mol. The first-order valence-corrected chi connectivity index (χ1v) is 11.7. The highest BCUT2D eigenvalue weighted by Gasteiger charge is 2.37. The van der Waals surface area contributed by atoms with Gasteiger partial charge in [-0.05, 0) is 67.9 Å². The summed E-state index contributed by atoms with van der Waals surface area (Å²) in [5, 5.41) is 2.67. The largest absolute Gasteiger partial charge is 0.381 e. The minimum atomic E-state index is -3.23. The van der Waals surface area contributed by atoms with Gasteiger partial charge in [-0.3, -0.25) is 4.79 Å². The number of sulfone groups is 1. The molecule has 0 radical (unpaired) electrons. The first-order chi connectivity index (χ1) is 14.0. The molecule has 4 rings (SSSR count). The van der Waals surface area contributed by atoms with Gasteiger partial charge in [-0.1, -0.05) is 18.2 Å². The molecule has 2 aromatic rings. The molecule has 2 heterocycles. The first-order valence-electron chi connectivity index (χ1n) is 10.2. The van der Waals surface area contributed by atoms with Gasteiger partial charge in [-0.15, -0.1) is 0 Å². The van der Waals surface area contributed by atoms with Crippen molar-refractivity contribution >= 4 is 21.6 Å². The van der Waals surface area contributed by atoms with Gasteiger partial charge in [0.25, 0.3) is 0 Å². The summed E-state index contributed by atoms with van der Waals surface area (Å²) in [7, 11) is -3.23. The van der Waals surface area contributed by atoms with Crippen molar-refractivity contribution in [2.75, 3.05) is 18.5 Å². The van der Waals surface area contributed by atoms with Gasteiger partial charge in [-0.2, -0.15) is 0 Å². The SMILES string of the molecule is O=C(Nc1ccccn1)C(CC1CCOCC1)c1ccc(S(=O)(=O)C2CC2)cc1. The lowest BCUT2D eigenvalue weighted by molar-refractivity contribution is -0.118. The van der Waals surface area contributed by atoms with Gasteiger partial charge in [0.1, 0.15) is 5.82 Å². The van der Waals surface area contributed by atoms with Gasteiger partial charge in [0.05, 0.1) is 16.1 Å². The van der Waals surface area contributed by atoms with E-state index >= 15 is 0 Å². The number of carbonyl (C=O) groups is 1. The van der Waals surface area contributed by atoms with E-state index in [9.17, 15) is 13.2 Å². The van der Waals surface area contributed by atoms with Crippen LogP contribution in [-0.4, -0.2) is 37.8 Å². The molecule has 29 heavy (non-hydrogen) atoms. The van der Waals surface area contributed by atoms with E-state index in [1.807, 2.05) is 6.07 Å². The summed E-state index contributed by atoms with van der Waals surface area (Å²) in [6, 6.07) is 12.3. The van der Waals surface area contributed by atoms with Crippen LogP contribution in [-0.2, 0) is 19.4 Å². The summed E-state index contributed by atoms with van der Waals surface area (Å²) in [5.74, 6) is 0.436. The molecule has 1 unspecified atom stereocenters. The van der Waals surface area contributed by atoms with Crippen LogP contribution in [0.5, 0.6) is 0 Å². The molecule has 1 aromatic heterocycles. The Bertz CT molecular complexity index is 935. The number of benzene rings is 1. The van der Waals surface area contributed by atoms with Crippen molar-refractivity contribution in [1.82, 2.24) is 4.98 Å². The highest BCUT2D eigenvalue weighted by Crippen LogP contribution is 2.35. The highest BCUT2D eigenvalue weighted by molar-refractivity contribution is 7.92. The molecule has 1 saturated heterocycles. The second-order valence-corrected chi connectivity index (χ2v) is 10.1. The minimum absolute atomic E-state index is 0.118. The van der Waals surface area contributed by atoms with Crippen LogP contribution in [0.4, 0.5) is 5.82 Å². The van der Waals surface area contributed by atoms with Gasteiger partial charge in [0.15, 0.2) is 9.84 Å². The number of hydrogen-bond donors (Lipinski definition) is 1. The lowest BCUT2D eigenvalue weighted by Gasteiger charge is -2.26. The number of anilines is 1. The summed E-state index contributed by atoms with van der Waals surface area (Å²) >= 11 is 0. The fourth-order valence-electron chi connectivity index (χ4n) is 3.82. The van der Waals surface area contributed by atoms with E-state index in [1.54, 1.807) is 42.6 Å². The van der Waals surface area contributed by atoms with E-state index in [0.717, 1.165) is 44.5 Å². The number of amides is 1. The molecule has 6 nitrogen and oxygen atoms in total. The van der Waals surface area contributed by atoms with Crippen molar-refractivity contribution in [3.05, 3.63) is 54.2 Å². The van der Waals surface area contributed by atoms with Crippen molar-refractivity contribution in [2.24, 2.45) is 5.92 Å². The number of ether oxygens (including phenoxy) is 1. The number of hydrogen-bond acceptors (Lipinski definition) is 5. The summed E-state index contributed by atoms with van der Waals surface area (Å²) < 4.78 is 30.4. The third-order valence-corrected chi connectivity index (χ3v) is 8.00. The van der Waals surface area contributed by atoms with E-state index in [-0.39, 0.29) is 17.1 Å². The third kappa shape index (κ3) is 4.85. The van der Waals surface area contributed by atoms with E-state index in [0.29, 0.717) is 23.1 Å². The summed E-state index contributed by atoms with van der Waals surface area (Å²) in [6.07, 6.45) is 5.69. The third-order valence-electron chi connectivity index (χ3n) is 5.72. The van der Waals surface area contributed by atoms with Crippen molar-refractivity contribution in [1.29, 1.82) is 0 Å². The molecule has 2 fully saturated rings. The molecule has 2 aliphatic rings. The van der Waals surface area contributed by atoms with Crippen LogP contribution in [0.1, 0.15) is 43.6 Å². The van der Waals surface area contributed by atoms with Crippen molar-refractivity contribution < 1.29 is 17.9 Å². The van der Waals surface area contributed by atoms with E-state index in [2.05, 4.69) is 10.3 Å². The molecule has 0 bridgehead atoms. The zero-order valence-corrected chi connectivity index (χ0v) is 17.1. The Morgan fingerprint density at radius 3 is 2.41 bits per heavy atom. The summed E-state index contributed by atoms with van der Waals surface area (Å²) in [5.41, 5.74) is 0.833. The van der Waals surface area contributed by atoms with Crippen molar-refractivity contribution in [3.8, 4) is 0 Å². The number of aromatic nitrogens is 1. The highest BCUT2D eigenvalue weighted by atomic mass is 32.2. The zero-order valence-electron chi connectivity index (χ0n) is 16.3. The molecule has 1 saturated carbocycles. The Labute approximate surface area is 171 Å². The lowest BCUT2D eigenvalue weighted by atomic mass is 9.84. The van der Waals surface area contributed by atoms with Gasteiger partial charge >= 0.3 is 0 Å². The van der Waals surface area contributed by atoms with Crippen LogP contribution >= 0.6 is 0 Å². The maximum Gasteiger partial charge on any atom is 0.233 e. The Morgan fingerprint density at radius 2 is 1.79 bits per heavy atom. The number of nitrogens with zero attached hydrogens (tertiary/aromatic N) is 1. The Kier molecular flexibility index (Phi) is 5.96. The van der Waals surface area contributed by atoms with Gasteiger partial charge in [-0.25, -0.2) is 13.4 Å². The molecule has 1 amide bonds. The second-order valence-electron chi connectivity index (χ2n) is 7.86. The fourth-order valence-corrected chi connectivity index (χ4v) is 5.48. The molecular formula is C22H26N2O4S. The van der Waals surface area contributed by atoms with Crippen LogP contribution < -0.4 is 5.32 Å². The van der Waals surface area contributed by atoms with E-state index in [1.165, 1.54) is 0 Å². The van der Waals surface area contributed by atoms with Crippen LogP contribution in [0.3, 0.4) is 0 Å². The zero-order chi connectivity index (χ0) is 20.3. The maximum atomic E-state index is 13.1. The van der Waals surface area contributed by atoms with Gasteiger partial charge in [0.2, 0.25) is 5.91 Å². The van der Waals surface area contributed by atoms with Crippen LogP contribution in [0.25, 0.3) is 0 Å². The van der Waals surface area contributed by atoms with Crippen molar-refractivity contribution in [3.63, 3.8) is 0 Å². The number of pyridine rings is 1. The fraction of sp³-hybridized carbons (Fsp3) is 0.455. The molecule has 154 valence electrons. The molecule has 1 aliphatic carbocycles. The maximum absolute atomic E-state index is 13.1. The molecule has 1 N–H and O–H groups in total. The average molecular weight is 415 g/mol. The average Bonchev–Trinajstić information content (AvgIpc) is 3.60. The Morgan fingerprint density at radius 1 is 1.07 bits per heavy atom. The van der Waals surface area contributed by atoms with Crippen LogP contribution in [0.2, 0.25) is 0 Å². The smallest absolute Gasteiger partial charge is 0.233 e. The molecule has 1 aromatic carbocycles. The lowest BCUT2D eigenvalue weighted by Crippen LogP contribution is -2.26. The molecule has 1 atom stereocenters. The van der Waals surface area contributed by atoms with Crippen LogP contribution in [0.15, 0.2) is 53.6 Å². The second kappa shape index (κ2) is 8.63. The number of nitrogens with one attached hydrogen (secondary N) is 1. The topological polar surface area (TPSA) is 85.4 Å². The standard InChI is InChI=1S/C22H26N2O4S/c25-22(24-21-3-1-2-12-23-21)20(15-16-10-13-28-14-11-16)17-4-6-18(7-5-17)29(26,27)19-8-9-19/h1-7,12,16,19-20H,8-11,13-15H2,(H,23,24,25). The summed E-state index contributed by atoms with van der Waals surface area (Å²) in [4.78, 5) is 17.6.